The second-order valence-electron chi connectivity index (χ2n) is 4.19. The van der Waals surface area contributed by atoms with Gasteiger partial charge in [-0.1, -0.05) is 0 Å². The van der Waals surface area contributed by atoms with Crippen LogP contribution in [0.2, 0.25) is 0 Å². The van der Waals surface area contributed by atoms with Gasteiger partial charge >= 0.3 is 6.36 Å². The molecule has 0 radical (unpaired) electrons. The topological polar surface area (TPSA) is 38.3 Å². The number of nitrogens with one attached hydrogen (secondary N) is 1. The van der Waals surface area contributed by atoms with Crippen LogP contribution in [0.3, 0.4) is 0 Å². The van der Waals surface area contributed by atoms with Gasteiger partial charge in [0.2, 0.25) is 0 Å². The Hall–Kier alpha value is -0.620. The molecule has 2 bridgehead atoms. The van der Waals surface area contributed by atoms with Gasteiger partial charge in [0, 0.05) is 12.0 Å². The highest BCUT2D eigenvalue weighted by atomic mass is 19.4. The van der Waals surface area contributed by atoms with Crippen LogP contribution in [-0.4, -0.2) is 30.3 Å². The molecule has 1 saturated carbocycles. The Labute approximate surface area is 85.0 Å². The van der Waals surface area contributed by atoms with Crippen LogP contribution in [0.25, 0.3) is 0 Å². The molecule has 4 atom stereocenters. The first-order valence-corrected chi connectivity index (χ1v) is 4.88. The summed E-state index contributed by atoms with van der Waals surface area (Å²) in [4.78, 5) is 11.1. The summed E-state index contributed by atoms with van der Waals surface area (Å²) in [6.45, 7) is 1.39. The summed E-state index contributed by atoms with van der Waals surface area (Å²) in [5.74, 6) is -0.438. The van der Waals surface area contributed by atoms with Gasteiger partial charge < -0.3 is 5.32 Å². The van der Waals surface area contributed by atoms with Crippen molar-refractivity contribution in [3.05, 3.63) is 0 Å². The summed E-state index contributed by atoms with van der Waals surface area (Å²) in [5, 5.41) is 3.01. The Morgan fingerprint density at radius 2 is 2.07 bits per heavy atom. The number of hydrogen-bond acceptors (Lipinski definition) is 3. The predicted molar refractivity (Wildman–Crippen MR) is 45.0 cm³/mol. The molecule has 0 aromatic rings. The molecule has 1 heterocycles. The summed E-state index contributed by atoms with van der Waals surface area (Å²) in [5.41, 5.74) is 0. The number of carbonyl (C=O) groups excluding carboxylic acids is 1. The molecule has 15 heavy (non-hydrogen) atoms. The lowest BCUT2D eigenvalue weighted by molar-refractivity contribution is -0.347. The molecule has 1 aliphatic heterocycles. The van der Waals surface area contributed by atoms with Crippen molar-refractivity contribution >= 4 is 5.78 Å². The minimum absolute atomic E-state index is 0.00347. The van der Waals surface area contributed by atoms with Crippen LogP contribution in [-0.2, 0) is 9.53 Å². The first kappa shape index (κ1) is 10.9. The molecule has 3 nitrogen and oxygen atoms in total. The maximum Gasteiger partial charge on any atom is 0.522 e. The number of carbonyl (C=O) groups is 1. The van der Waals surface area contributed by atoms with Crippen LogP contribution >= 0.6 is 0 Å². The van der Waals surface area contributed by atoms with Gasteiger partial charge in [0.15, 0.2) is 0 Å². The van der Waals surface area contributed by atoms with Crippen LogP contribution in [0.4, 0.5) is 13.2 Å². The van der Waals surface area contributed by atoms with E-state index in [0.717, 1.165) is 0 Å². The van der Waals surface area contributed by atoms with E-state index in [2.05, 4.69) is 10.1 Å². The minimum Gasteiger partial charge on any atom is -0.304 e. The second-order valence-corrected chi connectivity index (χ2v) is 4.19. The molecule has 2 rings (SSSR count). The summed E-state index contributed by atoms with van der Waals surface area (Å²) in [7, 11) is 0. The van der Waals surface area contributed by atoms with Gasteiger partial charge in [-0.25, -0.2) is 0 Å². The van der Waals surface area contributed by atoms with E-state index >= 15 is 0 Å². The molecule has 0 amide bonds. The molecule has 4 unspecified atom stereocenters. The van der Waals surface area contributed by atoms with Gasteiger partial charge in [-0.15, -0.1) is 13.2 Å². The van der Waals surface area contributed by atoms with E-state index < -0.39 is 18.5 Å². The maximum atomic E-state index is 12.0. The molecule has 1 aliphatic carbocycles. The fraction of sp³-hybridized carbons (Fsp3) is 0.889. The summed E-state index contributed by atoms with van der Waals surface area (Å²) < 4.78 is 40.1. The number of fused-ring (bicyclic) bond motifs is 2. The van der Waals surface area contributed by atoms with Gasteiger partial charge in [0.05, 0.1) is 12.1 Å². The van der Waals surface area contributed by atoms with Crippen molar-refractivity contribution in [2.75, 3.05) is 0 Å². The zero-order chi connectivity index (χ0) is 11.2. The lowest BCUT2D eigenvalue weighted by Crippen LogP contribution is -2.47. The SMILES string of the molecule is CC(=O)C1NC2CC(OC(F)(F)F)C1C2. The third kappa shape index (κ3) is 2.15. The fourth-order valence-electron chi connectivity index (χ4n) is 2.62. The molecule has 86 valence electrons. The molecule has 6 heteroatoms. The van der Waals surface area contributed by atoms with E-state index in [4.69, 9.17) is 0 Å². The van der Waals surface area contributed by atoms with E-state index in [1.165, 1.54) is 6.92 Å². The number of Topliss-reactive ketones (excluding diaryl/α,β-unsaturated/α-hetero) is 1. The monoisotopic (exact) mass is 223 g/mol. The molecule has 2 aliphatic rings. The van der Waals surface area contributed by atoms with Gasteiger partial charge in [-0.3, -0.25) is 9.53 Å². The van der Waals surface area contributed by atoms with Gasteiger partial charge in [0.25, 0.3) is 0 Å². The first-order valence-electron chi connectivity index (χ1n) is 4.88. The van der Waals surface area contributed by atoms with Crippen molar-refractivity contribution in [3.63, 3.8) is 0 Å². The lowest BCUT2D eigenvalue weighted by Gasteiger charge is -2.29. The Morgan fingerprint density at radius 1 is 1.40 bits per heavy atom. The fourth-order valence-corrected chi connectivity index (χ4v) is 2.62. The number of ether oxygens (including phenoxy) is 1. The average Bonchev–Trinajstić information content (AvgIpc) is 2.58. The van der Waals surface area contributed by atoms with Gasteiger partial charge in [-0.2, -0.15) is 0 Å². The normalized spacial score (nSPS) is 39.7. The Kier molecular flexibility index (Phi) is 2.50. The van der Waals surface area contributed by atoms with E-state index in [-0.39, 0.29) is 17.7 Å². The lowest BCUT2D eigenvalue weighted by atomic mass is 9.94. The number of hydrogen-bond donors (Lipinski definition) is 1. The van der Waals surface area contributed by atoms with E-state index in [0.29, 0.717) is 12.8 Å². The second kappa shape index (κ2) is 3.45. The third-order valence-electron chi connectivity index (χ3n) is 3.12. The van der Waals surface area contributed by atoms with Crippen LogP contribution in [0, 0.1) is 5.92 Å². The number of ketones is 1. The third-order valence-corrected chi connectivity index (χ3v) is 3.12. The Balaban J connectivity index is 2.02. The summed E-state index contributed by atoms with van der Waals surface area (Å²) >= 11 is 0. The Bertz CT molecular complexity index is 279. The van der Waals surface area contributed by atoms with E-state index in [9.17, 15) is 18.0 Å². The summed E-state index contributed by atoms with van der Waals surface area (Å²) in [6.07, 6.45) is -4.51. The number of piperidine rings is 1. The number of alkyl halides is 3. The molecule has 1 N–H and O–H groups in total. The van der Waals surface area contributed by atoms with Crippen molar-refractivity contribution in [3.8, 4) is 0 Å². The molecular weight excluding hydrogens is 211 g/mol. The largest absolute Gasteiger partial charge is 0.522 e. The smallest absolute Gasteiger partial charge is 0.304 e. The zero-order valence-electron chi connectivity index (χ0n) is 8.17. The molecule has 0 aromatic heterocycles. The zero-order valence-corrected chi connectivity index (χ0v) is 8.17. The minimum atomic E-state index is -4.60. The Morgan fingerprint density at radius 3 is 2.53 bits per heavy atom. The molecule has 0 spiro atoms. The molecular formula is C9H12F3NO2. The van der Waals surface area contributed by atoms with Crippen LogP contribution in [0.5, 0.6) is 0 Å². The standard InChI is InChI=1S/C9H12F3NO2/c1-4(14)8-6-2-5(13-8)3-7(6)15-9(10,11)12/h5-8,13H,2-3H2,1H3. The maximum absolute atomic E-state index is 12.0. The van der Waals surface area contributed by atoms with E-state index in [1.54, 1.807) is 0 Å². The van der Waals surface area contributed by atoms with Crippen molar-refractivity contribution < 1.29 is 22.7 Å². The number of rotatable bonds is 2. The van der Waals surface area contributed by atoms with Gasteiger partial charge in [-0.05, 0) is 19.8 Å². The molecule has 2 fully saturated rings. The van der Waals surface area contributed by atoms with Crippen molar-refractivity contribution in [1.29, 1.82) is 0 Å². The van der Waals surface area contributed by atoms with E-state index in [1.807, 2.05) is 0 Å². The highest BCUT2D eigenvalue weighted by molar-refractivity contribution is 5.82. The molecule has 1 saturated heterocycles. The first-order chi connectivity index (χ1) is 6.87. The van der Waals surface area contributed by atoms with Gasteiger partial charge in [0.1, 0.15) is 5.78 Å². The number of halogens is 3. The van der Waals surface area contributed by atoms with Crippen LogP contribution in [0.15, 0.2) is 0 Å². The molecule has 0 aromatic carbocycles. The average molecular weight is 223 g/mol. The quantitative estimate of drug-likeness (QED) is 0.765. The highest BCUT2D eigenvalue weighted by Crippen LogP contribution is 2.40. The van der Waals surface area contributed by atoms with Crippen molar-refractivity contribution in [2.45, 2.75) is 44.3 Å². The predicted octanol–water partition coefficient (Wildman–Crippen LogP) is 1.23. The van der Waals surface area contributed by atoms with Crippen molar-refractivity contribution in [2.24, 2.45) is 5.92 Å². The summed E-state index contributed by atoms with van der Waals surface area (Å²) in [6, 6.07) is -0.465. The highest BCUT2D eigenvalue weighted by Gasteiger charge is 2.51. The van der Waals surface area contributed by atoms with Crippen molar-refractivity contribution in [1.82, 2.24) is 5.32 Å². The van der Waals surface area contributed by atoms with Crippen LogP contribution in [0.1, 0.15) is 19.8 Å². The van der Waals surface area contributed by atoms with Crippen LogP contribution < -0.4 is 5.32 Å².